The van der Waals surface area contributed by atoms with Crippen LogP contribution in [0.1, 0.15) is 11.1 Å². The van der Waals surface area contributed by atoms with E-state index in [2.05, 4.69) is 39.4 Å². The van der Waals surface area contributed by atoms with E-state index in [0.29, 0.717) is 10.5 Å². The van der Waals surface area contributed by atoms with Crippen molar-refractivity contribution in [3.63, 3.8) is 0 Å². The van der Waals surface area contributed by atoms with Gasteiger partial charge in [-0.05, 0) is 52.0 Å². The minimum absolute atomic E-state index is 0.192. The standard InChI is InChI=1S/C15H13BrFN/c16-15-11(5-3-6-13(15)17)9-12-8-10-4-1-2-7-14(10)18-12/h1-7,12,18H,8-9H2. The van der Waals surface area contributed by atoms with Crippen LogP contribution < -0.4 is 5.32 Å². The van der Waals surface area contributed by atoms with E-state index in [-0.39, 0.29) is 5.82 Å². The van der Waals surface area contributed by atoms with E-state index in [1.807, 2.05) is 12.1 Å². The molecule has 1 N–H and O–H groups in total. The van der Waals surface area contributed by atoms with Gasteiger partial charge in [-0.15, -0.1) is 0 Å². The lowest BCUT2D eigenvalue weighted by atomic mass is 10.0. The summed E-state index contributed by atoms with van der Waals surface area (Å²) in [6.45, 7) is 0. The first-order chi connectivity index (χ1) is 8.74. The Morgan fingerprint density at radius 2 is 2.00 bits per heavy atom. The van der Waals surface area contributed by atoms with Crippen molar-refractivity contribution in [2.75, 3.05) is 5.32 Å². The van der Waals surface area contributed by atoms with Crippen molar-refractivity contribution in [3.8, 4) is 0 Å². The first kappa shape index (κ1) is 11.7. The Morgan fingerprint density at radius 3 is 2.83 bits per heavy atom. The molecule has 1 unspecified atom stereocenters. The number of fused-ring (bicyclic) bond motifs is 1. The predicted octanol–water partition coefficient (Wildman–Crippen LogP) is 4.17. The smallest absolute Gasteiger partial charge is 0.137 e. The Morgan fingerprint density at radius 1 is 1.17 bits per heavy atom. The van der Waals surface area contributed by atoms with Crippen molar-refractivity contribution in [1.82, 2.24) is 0 Å². The second-order valence-corrected chi connectivity index (χ2v) is 5.41. The van der Waals surface area contributed by atoms with Crippen molar-refractivity contribution in [3.05, 3.63) is 63.9 Å². The zero-order chi connectivity index (χ0) is 12.5. The molecule has 0 amide bonds. The van der Waals surface area contributed by atoms with Crippen LogP contribution in [0.3, 0.4) is 0 Å². The van der Waals surface area contributed by atoms with Crippen LogP contribution in [0.25, 0.3) is 0 Å². The van der Waals surface area contributed by atoms with E-state index < -0.39 is 0 Å². The summed E-state index contributed by atoms with van der Waals surface area (Å²) < 4.78 is 14.0. The van der Waals surface area contributed by atoms with Crippen LogP contribution in [0.2, 0.25) is 0 Å². The molecule has 3 heteroatoms. The first-order valence-corrected chi connectivity index (χ1v) is 6.80. The van der Waals surface area contributed by atoms with Gasteiger partial charge in [0, 0.05) is 11.7 Å². The molecule has 0 fully saturated rings. The van der Waals surface area contributed by atoms with Crippen LogP contribution in [-0.2, 0) is 12.8 Å². The molecule has 2 aromatic rings. The molecule has 92 valence electrons. The normalized spacial score (nSPS) is 17.3. The Labute approximate surface area is 114 Å². The summed E-state index contributed by atoms with van der Waals surface area (Å²) in [5.41, 5.74) is 3.56. The van der Waals surface area contributed by atoms with Gasteiger partial charge in [0.25, 0.3) is 0 Å². The van der Waals surface area contributed by atoms with Crippen molar-refractivity contribution in [1.29, 1.82) is 0 Å². The van der Waals surface area contributed by atoms with E-state index in [1.165, 1.54) is 17.3 Å². The molecule has 3 rings (SSSR count). The third-order valence-corrected chi connectivity index (χ3v) is 4.23. The van der Waals surface area contributed by atoms with Gasteiger partial charge in [-0.25, -0.2) is 4.39 Å². The van der Waals surface area contributed by atoms with Gasteiger partial charge in [0.2, 0.25) is 0 Å². The molecule has 0 bridgehead atoms. The van der Waals surface area contributed by atoms with Crippen molar-refractivity contribution < 1.29 is 4.39 Å². The monoisotopic (exact) mass is 305 g/mol. The Bertz CT molecular complexity index is 557. The number of nitrogens with one attached hydrogen (secondary N) is 1. The first-order valence-electron chi connectivity index (χ1n) is 6.01. The predicted molar refractivity (Wildman–Crippen MR) is 75.4 cm³/mol. The highest BCUT2D eigenvalue weighted by molar-refractivity contribution is 9.10. The van der Waals surface area contributed by atoms with E-state index in [1.54, 1.807) is 6.07 Å². The molecular weight excluding hydrogens is 293 g/mol. The molecule has 18 heavy (non-hydrogen) atoms. The number of hydrogen-bond acceptors (Lipinski definition) is 1. The maximum atomic E-state index is 13.4. The average Bonchev–Trinajstić information content (AvgIpc) is 2.77. The van der Waals surface area contributed by atoms with Crippen LogP contribution in [0.4, 0.5) is 10.1 Å². The van der Waals surface area contributed by atoms with Gasteiger partial charge in [0.1, 0.15) is 5.82 Å². The molecule has 0 spiro atoms. The van der Waals surface area contributed by atoms with E-state index in [4.69, 9.17) is 0 Å². The molecule has 1 aliphatic rings. The highest BCUT2D eigenvalue weighted by Crippen LogP contribution is 2.29. The van der Waals surface area contributed by atoms with Gasteiger partial charge in [-0.3, -0.25) is 0 Å². The van der Waals surface area contributed by atoms with E-state index >= 15 is 0 Å². The highest BCUT2D eigenvalue weighted by atomic mass is 79.9. The quantitative estimate of drug-likeness (QED) is 0.878. The molecule has 1 aliphatic heterocycles. The summed E-state index contributed by atoms with van der Waals surface area (Å²) in [5, 5.41) is 3.49. The molecule has 0 saturated heterocycles. The fourth-order valence-electron chi connectivity index (χ4n) is 2.47. The summed E-state index contributed by atoms with van der Waals surface area (Å²) in [7, 11) is 0. The van der Waals surface area contributed by atoms with Crippen molar-refractivity contribution in [2.24, 2.45) is 0 Å². The lowest BCUT2D eigenvalue weighted by molar-refractivity contribution is 0.615. The topological polar surface area (TPSA) is 12.0 Å². The molecular formula is C15H13BrFN. The minimum atomic E-state index is -0.192. The van der Waals surface area contributed by atoms with Crippen LogP contribution in [-0.4, -0.2) is 6.04 Å². The maximum Gasteiger partial charge on any atom is 0.137 e. The molecule has 0 radical (unpaired) electrons. The lowest BCUT2D eigenvalue weighted by Gasteiger charge is -2.12. The number of benzene rings is 2. The van der Waals surface area contributed by atoms with Gasteiger partial charge in [-0.1, -0.05) is 30.3 Å². The SMILES string of the molecule is Fc1cccc(CC2Cc3ccccc3N2)c1Br. The van der Waals surface area contributed by atoms with Gasteiger partial charge < -0.3 is 5.32 Å². The fraction of sp³-hybridized carbons (Fsp3) is 0.200. The van der Waals surface area contributed by atoms with E-state index in [0.717, 1.165) is 18.4 Å². The zero-order valence-electron chi connectivity index (χ0n) is 9.79. The van der Waals surface area contributed by atoms with Crippen LogP contribution >= 0.6 is 15.9 Å². The third kappa shape index (κ3) is 2.15. The van der Waals surface area contributed by atoms with E-state index in [9.17, 15) is 4.39 Å². The maximum absolute atomic E-state index is 13.4. The van der Waals surface area contributed by atoms with Gasteiger partial charge in [0.05, 0.1) is 4.47 Å². The average molecular weight is 306 g/mol. The molecule has 0 saturated carbocycles. The van der Waals surface area contributed by atoms with Gasteiger partial charge in [-0.2, -0.15) is 0 Å². The van der Waals surface area contributed by atoms with Crippen LogP contribution in [0.5, 0.6) is 0 Å². The summed E-state index contributed by atoms with van der Waals surface area (Å²) in [6, 6.07) is 13.9. The number of para-hydroxylation sites is 1. The largest absolute Gasteiger partial charge is 0.381 e. The molecule has 1 heterocycles. The van der Waals surface area contributed by atoms with Crippen LogP contribution in [0.15, 0.2) is 46.9 Å². The summed E-state index contributed by atoms with van der Waals surface area (Å²) in [4.78, 5) is 0. The Balaban J connectivity index is 1.78. The number of anilines is 1. The summed E-state index contributed by atoms with van der Waals surface area (Å²) in [5.74, 6) is -0.192. The molecule has 1 nitrogen and oxygen atoms in total. The Hall–Kier alpha value is -1.35. The van der Waals surface area contributed by atoms with Crippen molar-refractivity contribution in [2.45, 2.75) is 18.9 Å². The minimum Gasteiger partial charge on any atom is -0.381 e. The van der Waals surface area contributed by atoms with Crippen LogP contribution in [0, 0.1) is 5.82 Å². The molecule has 1 atom stereocenters. The number of hydrogen-bond donors (Lipinski definition) is 1. The summed E-state index contributed by atoms with van der Waals surface area (Å²) >= 11 is 3.32. The third-order valence-electron chi connectivity index (χ3n) is 3.34. The van der Waals surface area contributed by atoms with Gasteiger partial charge >= 0.3 is 0 Å². The molecule has 0 aliphatic carbocycles. The summed E-state index contributed by atoms with van der Waals surface area (Å²) in [6.07, 6.45) is 1.83. The number of halogens is 2. The second-order valence-electron chi connectivity index (χ2n) is 4.62. The van der Waals surface area contributed by atoms with Gasteiger partial charge in [0.15, 0.2) is 0 Å². The highest BCUT2D eigenvalue weighted by Gasteiger charge is 2.21. The Kier molecular flexibility index (Phi) is 3.08. The number of rotatable bonds is 2. The molecule has 0 aromatic heterocycles. The second kappa shape index (κ2) is 4.73. The van der Waals surface area contributed by atoms with Crippen molar-refractivity contribution >= 4 is 21.6 Å². The molecule has 2 aromatic carbocycles. The fourth-order valence-corrected chi connectivity index (χ4v) is 2.90. The lowest BCUT2D eigenvalue weighted by Crippen LogP contribution is -2.18. The zero-order valence-corrected chi connectivity index (χ0v) is 11.4.